The Morgan fingerprint density at radius 2 is 2.17 bits per heavy atom. The number of hydrogen-bond acceptors (Lipinski definition) is 4. The van der Waals surface area contributed by atoms with E-state index in [2.05, 4.69) is 50.6 Å². The Labute approximate surface area is 135 Å². The SMILES string of the molecule is Cc1cc([C@@H]2CCCN2Cc2cn[nH]c2-c2ccccc2)on1. The van der Waals surface area contributed by atoms with E-state index in [1.165, 1.54) is 17.5 Å². The van der Waals surface area contributed by atoms with Crippen LogP contribution in [0.4, 0.5) is 0 Å². The van der Waals surface area contributed by atoms with Crippen LogP contribution in [0.15, 0.2) is 47.1 Å². The molecule has 5 heteroatoms. The van der Waals surface area contributed by atoms with Crippen LogP contribution in [0.25, 0.3) is 11.3 Å². The molecule has 118 valence electrons. The summed E-state index contributed by atoms with van der Waals surface area (Å²) in [6.07, 6.45) is 4.24. The molecule has 23 heavy (non-hydrogen) atoms. The van der Waals surface area contributed by atoms with E-state index in [0.717, 1.165) is 36.7 Å². The Kier molecular flexibility index (Phi) is 3.71. The molecule has 0 unspecified atom stereocenters. The maximum Gasteiger partial charge on any atom is 0.154 e. The first kappa shape index (κ1) is 14.2. The topological polar surface area (TPSA) is 58.0 Å². The van der Waals surface area contributed by atoms with Crippen LogP contribution in [0, 0.1) is 6.92 Å². The molecule has 1 aromatic carbocycles. The van der Waals surface area contributed by atoms with Crippen molar-refractivity contribution in [2.24, 2.45) is 0 Å². The zero-order valence-electron chi connectivity index (χ0n) is 13.2. The highest BCUT2D eigenvalue weighted by Gasteiger charge is 2.29. The first-order chi connectivity index (χ1) is 11.3. The summed E-state index contributed by atoms with van der Waals surface area (Å²) in [4.78, 5) is 2.46. The Morgan fingerprint density at radius 1 is 1.30 bits per heavy atom. The average Bonchev–Trinajstić information content (AvgIpc) is 3.29. The van der Waals surface area contributed by atoms with Crippen molar-refractivity contribution in [2.75, 3.05) is 6.54 Å². The lowest BCUT2D eigenvalue weighted by molar-refractivity contribution is 0.207. The number of nitrogens with one attached hydrogen (secondary N) is 1. The lowest BCUT2D eigenvalue weighted by atomic mass is 10.1. The molecular weight excluding hydrogens is 288 g/mol. The fourth-order valence-electron chi connectivity index (χ4n) is 3.38. The van der Waals surface area contributed by atoms with Gasteiger partial charge in [-0.2, -0.15) is 5.10 Å². The first-order valence-corrected chi connectivity index (χ1v) is 8.06. The van der Waals surface area contributed by atoms with Crippen LogP contribution in [0.5, 0.6) is 0 Å². The van der Waals surface area contributed by atoms with Gasteiger partial charge in [0.2, 0.25) is 0 Å². The number of aryl methyl sites for hydroxylation is 1. The lowest BCUT2D eigenvalue weighted by Crippen LogP contribution is -2.22. The molecule has 4 rings (SSSR count). The molecule has 1 fully saturated rings. The number of nitrogens with zero attached hydrogens (tertiary/aromatic N) is 3. The number of benzene rings is 1. The molecule has 1 aliphatic heterocycles. The van der Waals surface area contributed by atoms with Gasteiger partial charge in [-0.15, -0.1) is 0 Å². The number of aromatic nitrogens is 3. The molecular formula is C18H20N4O. The van der Waals surface area contributed by atoms with Crippen molar-refractivity contribution in [1.82, 2.24) is 20.3 Å². The van der Waals surface area contributed by atoms with E-state index in [1.54, 1.807) is 0 Å². The summed E-state index contributed by atoms with van der Waals surface area (Å²) in [7, 11) is 0. The van der Waals surface area contributed by atoms with E-state index < -0.39 is 0 Å². The maximum atomic E-state index is 5.50. The van der Waals surface area contributed by atoms with Crippen molar-refractivity contribution in [3.8, 4) is 11.3 Å². The summed E-state index contributed by atoms with van der Waals surface area (Å²) < 4.78 is 5.50. The predicted octanol–water partition coefficient (Wildman–Crippen LogP) is 3.71. The fourth-order valence-corrected chi connectivity index (χ4v) is 3.38. The van der Waals surface area contributed by atoms with E-state index >= 15 is 0 Å². The fraction of sp³-hybridized carbons (Fsp3) is 0.333. The third-order valence-electron chi connectivity index (χ3n) is 4.49. The molecule has 3 aromatic rings. The van der Waals surface area contributed by atoms with E-state index in [1.807, 2.05) is 19.2 Å². The molecule has 0 aliphatic carbocycles. The summed E-state index contributed by atoms with van der Waals surface area (Å²) in [6, 6.07) is 12.7. The summed E-state index contributed by atoms with van der Waals surface area (Å²) in [5, 5.41) is 11.4. The normalized spacial score (nSPS) is 18.6. The minimum atomic E-state index is 0.315. The number of likely N-dealkylation sites (tertiary alicyclic amines) is 1. The minimum Gasteiger partial charge on any atom is -0.359 e. The maximum absolute atomic E-state index is 5.50. The number of H-pyrrole nitrogens is 1. The molecule has 0 saturated carbocycles. The van der Waals surface area contributed by atoms with E-state index in [9.17, 15) is 0 Å². The quantitative estimate of drug-likeness (QED) is 0.798. The predicted molar refractivity (Wildman–Crippen MR) is 87.6 cm³/mol. The number of aromatic amines is 1. The smallest absolute Gasteiger partial charge is 0.154 e. The van der Waals surface area contributed by atoms with Crippen LogP contribution < -0.4 is 0 Å². The van der Waals surface area contributed by atoms with Gasteiger partial charge >= 0.3 is 0 Å². The van der Waals surface area contributed by atoms with Gasteiger partial charge in [-0.1, -0.05) is 35.5 Å². The minimum absolute atomic E-state index is 0.315. The third-order valence-corrected chi connectivity index (χ3v) is 4.49. The van der Waals surface area contributed by atoms with Crippen molar-refractivity contribution >= 4 is 0 Å². The van der Waals surface area contributed by atoms with Gasteiger partial charge in [-0.05, 0) is 31.9 Å². The van der Waals surface area contributed by atoms with Crippen LogP contribution in [0.2, 0.25) is 0 Å². The van der Waals surface area contributed by atoms with Crippen LogP contribution in [0.1, 0.15) is 35.9 Å². The summed E-state index contributed by atoms with van der Waals surface area (Å²) in [6.45, 7) is 3.91. The zero-order chi connectivity index (χ0) is 15.6. The molecule has 0 amide bonds. The molecule has 0 spiro atoms. The molecule has 1 saturated heterocycles. The average molecular weight is 308 g/mol. The van der Waals surface area contributed by atoms with Gasteiger partial charge in [0.05, 0.1) is 23.6 Å². The van der Waals surface area contributed by atoms with E-state index in [0.29, 0.717) is 6.04 Å². The molecule has 5 nitrogen and oxygen atoms in total. The van der Waals surface area contributed by atoms with Crippen molar-refractivity contribution in [2.45, 2.75) is 32.4 Å². The summed E-state index contributed by atoms with van der Waals surface area (Å²) in [5.41, 5.74) is 4.44. The van der Waals surface area contributed by atoms with Crippen molar-refractivity contribution < 1.29 is 4.52 Å². The highest BCUT2D eigenvalue weighted by molar-refractivity contribution is 5.62. The Balaban J connectivity index is 1.58. The first-order valence-electron chi connectivity index (χ1n) is 8.06. The Morgan fingerprint density at radius 3 is 2.96 bits per heavy atom. The zero-order valence-corrected chi connectivity index (χ0v) is 13.2. The second-order valence-corrected chi connectivity index (χ2v) is 6.14. The van der Waals surface area contributed by atoms with Crippen molar-refractivity contribution in [1.29, 1.82) is 0 Å². The van der Waals surface area contributed by atoms with Crippen LogP contribution in [-0.2, 0) is 6.54 Å². The van der Waals surface area contributed by atoms with Gasteiger partial charge in [0.25, 0.3) is 0 Å². The van der Waals surface area contributed by atoms with Gasteiger partial charge in [-0.25, -0.2) is 0 Å². The second-order valence-electron chi connectivity index (χ2n) is 6.14. The highest BCUT2D eigenvalue weighted by Crippen LogP contribution is 2.34. The van der Waals surface area contributed by atoms with Crippen LogP contribution in [-0.4, -0.2) is 26.8 Å². The largest absolute Gasteiger partial charge is 0.359 e. The van der Waals surface area contributed by atoms with E-state index in [-0.39, 0.29) is 0 Å². The van der Waals surface area contributed by atoms with Crippen molar-refractivity contribution in [3.63, 3.8) is 0 Å². The van der Waals surface area contributed by atoms with Crippen LogP contribution >= 0.6 is 0 Å². The monoisotopic (exact) mass is 308 g/mol. The highest BCUT2D eigenvalue weighted by atomic mass is 16.5. The van der Waals surface area contributed by atoms with Gasteiger partial charge in [-0.3, -0.25) is 10.00 Å². The Hall–Kier alpha value is -2.40. The third kappa shape index (κ3) is 2.80. The summed E-state index contributed by atoms with van der Waals surface area (Å²) >= 11 is 0. The lowest BCUT2D eigenvalue weighted by Gasteiger charge is -2.22. The molecule has 1 aliphatic rings. The van der Waals surface area contributed by atoms with Crippen LogP contribution in [0.3, 0.4) is 0 Å². The number of rotatable bonds is 4. The molecule has 1 atom stereocenters. The standard InChI is InChI=1S/C18H20N4O/c1-13-10-17(23-21-13)16-8-5-9-22(16)12-15-11-19-20-18(15)14-6-3-2-4-7-14/h2-4,6-7,10-11,16H,5,8-9,12H2,1H3,(H,19,20)/t16-/m0/s1. The molecule has 0 bridgehead atoms. The molecule has 3 heterocycles. The second kappa shape index (κ2) is 6.01. The van der Waals surface area contributed by atoms with Gasteiger partial charge in [0.15, 0.2) is 5.76 Å². The molecule has 1 N–H and O–H groups in total. The van der Waals surface area contributed by atoms with Gasteiger partial charge in [0, 0.05) is 18.2 Å². The molecule has 0 radical (unpaired) electrons. The number of hydrogen-bond donors (Lipinski definition) is 1. The summed E-state index contributed by atoms with van der Waals surface area (Å²) in [5.74, 6) is 0.977. The van der Waals surface area contributed by atoms with Gasteiger partial charge in [0.1, 0.15) is 0 Å². The van der Waals surface area contributed by atoms with E-state index in [4.69, 9.17) is 4.52 Å². The molecule has 2 aromatic heterocycles. The van der Waals surface area contributed by atoms with Gasteiger partial charge < -0.3 is 4.52 Å². The van der Waals surface area contributed by atoms with Crippen molar-refractivity contribution in [3.05, 3.63) is 59.6 Å². The Bertz CT molecular complexity index is 777.